The van der Waals surface area contributed by atoms with Gasteiger partial charge in [0.15, 0.2) is 0 Å². The third kappa shape index (κ3) is 4.22. The number of aryl methyl sites for hydroxylation is 1. The number of aromatic nitrogens is 4. The van der Waals surface area contributed by atoms with Gasteiger partial charge in [-0.25, -0.2) is 9.97 Å². The summed E-state index contributed by atoms with van der Waals surface area (Å²) in [6.45, 7) is 1.40. The lowest BCUT2D eigenvalue weighted by Gasteiger charge is -2.34. The second-order valence-electron chi connectivity index (χ2n) is 7.62. The second-order valence-corrected chi connectivity index (χ2v) is 7.62. The van der Waals surface area contributed by atoms with Crippen LogP contribution >= 0.6 is 17.0 Å². The molecule has 3 N–H and O–H groups in total. The minimum atomic E-state index is 0. The first-order chi connectivity index (χ1) is 14.3. The molecule has 1 aromatic carbocycles. The number of anilines is 1. The van der Waals surface area contributed by atoms with Crippen molar-refractivity contribution in [2.75, 3.05) is 5.73 Å². The number of fused-ring (bicyclic) bond motifs is 2. The zero-order valence-electron chi connectivity index (χ0n) is 16.7. The summed E-state index contributed by atoms with van der Waals surface area (Å²) in [4.78, 5) is 20.0. The van der Waals surface area contributed by atoms with Crippen LogP contribution in [0.1, 0.15) is 41.7 Å². The molecule has 0 radical (unpaired) electrons. The largest absolute Gasteiger partial charge is 0.384 e. The highest BCUT2D eigenvalue weighted by atomic mass is 79.9. The van der Waals surface area contributed by atoms with Crippen LogP contribution < -0.4 is 5.73 Å². The molecule has 6 nitrogen and oxygen atoms in total. The van der Waals surface area contributed by atoms with Gasteiger partial charge in [0.25, 0.3) is 0 Å². The van der Waals surface area contributed by atoms with Crippen molar-refractivity contribution in [1.82, 2.24) is 24.8 Å². The Morgan fingerprint density at radius 2 is 1.90 bits per heavy atom. The molecular weight excluding hydrogens is 440 g/mol. The van der Waals surface area contributed by atoms with Gasteiger partial charge in [0.05, 0.1) is 35.0 Å². The van der Waals surface area contributed by atoms with Crippen molar-refractivity contribution < 1.29 is 0 Å². The van der Waals surface area contributed by atoms with Crippen LogP contribution in [0.15, 0.2) is 60.8 Å². The molecule has 0 bridgehead atoms. The Morgan fingerprint density at radius 3 is 2.77 bits per heavy atom. The number of aromatic amines is 1. The lowest BCUT2D eigenvalue weighted by molar-refractivity contribution is 0.151. The highest BCUT2D eigenvalue weighted by Crippen LogP contribution is 2.34. The van der Waals surface area contributed by atoms with Gasteiger partial charge in [0.2, 0.25) is 0 Å². The van der Waals surface area contributed by atoms with E-state index < -0.39 is 0 Å². The van der Waals surface area contributed by atoms with Gasteiger partial charge in [0, 0.05) is 12.7 Å². The van der Waals surface area contributed by atoms with E-state index in [1.807, 2.05) is 48.7 Å². The minimum absolute atomic E-state index is 0. The maximum Gasteiger partial charge on any atom is 0.123 e. The van der Waals surface area contributed by atoms with Crippen LogP contribution in [0.3, 0.4) is 0 Å². The Balaban J connectivity index is 0.00000218. The monoisotopic (exact) mass is 464 g/mol. The van der Waals surface area contributed by atoms with Crippen LogP contribution in [0.25, 0.3) is 11.0 Å². The van der Waals surface area contributed by atoms with Crippen LogP contribution in [0.4, 0.5) is 5.82 Å². The predicted octanol–water partition coefficient (Wildman–Crippen LogP) is 4.59. The normalized spacial score (nSPS) is 15.7. The van der Waals surface area contributed by atoms with Crippen LogP contribution in [-0.4, -0.2) is 24.8 Å². The van der Waals surface area contributed by atoms with Crippen LogP contribution in [0.5, 0.6) is 0 Å². The van der Waals surface area contributed by atoms with E-state index >= 15 is 0 Å². The molecule has 1 aliphatic rings. The quantitative estimate of drug-likeness (QED) is 0.451. The number of nitrogens with zero attached hydrogens (tertiary/aromatic N) is 4. The number of hydrogen-bond acceptors (Lipinski definition) is 5. The number of benzene rings is 1. The first-order valence-corrected chi connectivity index (χ1v) is 10.1. The summed E-state index contributed by atoms with van der Waals surface area (Å²) < 4.78 is 0. The molecule has 0 spiro atoms. The van der Waals surface area contributed by atoms with Gasteiger partial charge in [-0.05, 0) is 55.2 Å². The fourth-order valence-corrected chi connectivity index (χ4v) is 4.28. The zero-order chi connectivity index (χ0) is 19.6. The number of hydrogen-bond donors (Lipinski definition) is 2. The van der Waals surface area contributed by atoms with Crippen molar-refractivity contribution in [1.29, 1.82) is 0 Å². The summed E-state index contributed by atoms with van der Waals surface area (Å²) in [5, 5.41) is 0. The maximum atomic E-state index is 5.93. The number of nitrogens with one attached hydrogen (secondary N) is 1. The lowest BCUT2D eigenvalue weighted by Crippen LogP contribution is -2.32. The summed E-state index contributed by atoms with van der Waals surface area (Å²) in [7, 11) is 0. The Bertz CT molecular complexity index is 1110. The molecule has 0 fully saturated rings. The van der Waals surface area contributed by atoms with Gasteiger partial charge in [0.1, 0.15) is 11.6 Å². The van der Waals surface area contributed by atoms with Crippen molar-refractivity contribution in [3.05, 3.63) is 83.6 Å². The number of halogens is 1. The summed E-state index contributed by atoms with van der Waals surface area (Å²) in [5.41, 5.74) is 11.5. The van der Waals surface area contributed by atoms with E-state index in [-0.39, 0.29) is 23.0 Å². The van der Waals surface area contributed by atoms with Gasteiger partial charge >= 0.3 is 0 Å². The predicted molar refractivity (Wildman–Crippen MR) is 124 cm³/mol. The molecule has 154 valence electrons. The number of H-pyrrole nitrogens is 1. The Kier molecular flexibility index (Phi) is 6.11. The van der Waals surface area contributed by atoms with E-state index in [4.69, 9.17) is 15.7 Å². The molecule has 0 amide bonds. The number of rotatable bonds is 5. The van der Waals surface area contributed by atoms with Crippen LogP contribution in [0.2, 0.25) is 0 Å². The Hall–Kier alpha value is -2.77. The summed E-state index contributed by atoms with van der Waals surface area (Å²) >= 11 is 0. The summed E-state index contributed by atoms with van der Waals surface area (Å²) in [5.74, 6) is 1.51. The van der Waals surface area contributed by atoms with Crippen LogP contribution in [-0.2, 0) is 19.5 Å². The smallest absolute Gasteiger partial charge is 0.123 e. The minimum Gasteiger partial charge on any atom is -0.384 e. The third-order valence-corrected chi connectivity index (χ3v) is 5.59. The molecule has 1 atom stereocenters. The standard InChI is InChI=1S/C23H24N6.BrH/c24-21-12-4-8-17(26-21)14-29(15-22-27-18-9-1-2-10-19(18)28-22)20-11-3-6-16-7-5-13-25-23(16)20;/h1-2,4-5,7-10,12-13,20H,3,6,11,14-15H2,(H2,24,26)(H,27,28);1H. The van der Waals surface area contributed by atoms with Gasteiger partial charge in [-0.1, -0.05) is 24.3 Å². The molecule has 0 saturated carbocycles. The van der Waals surface area contributed by atoms with E-state index in [0.717, 1.165) is 41.8 Å². The van der Waals surface area contributed by atoms with Crippen molar-refractivity contribution in [3.63, 3.8) is 0 Å². The Morgan fingerprint density at radius 1 is 1.00 bits per heavy atom. The molecule has 3 aromatic heterocycles. The number of nitrogens with two attached hydrogens (primary N) is 1. The average molecular weight is 465 g/mol. The lowest BCUT2D eigenvalue weighted by atomic mass is 9.90. The number of nitrogen functional groups attached to an aromatic ring is 1. The molecular formula is C23H25BrN6. The topological polar surface area (TPSA) is 83.7 Å². The number of para-hydroxylation sites is 2. The first kappa shape index (κ1) is 20.5. The number of imidazole rings is 1. The fraction of sp³-hybridized carbons (Fsp3) is 0.261. The highest BCUT2D eigenvalue weighted by molar-refractivity contribution is 8.93. The molecule has 1 aliphatic carbocycles. The van der Waals surface area contributed by atoms with Gasteiger partial charge in [-0.3, -0.25) is 9.88 Å². The molecule has 30 heavy (non-hydrogen) atoms. The highest BCUT2D eigenvalue weighted by Gasteiger charge is 2.28. The molecule has 3 heterocycles. The SMILES string of the molecule is Br.Nc1cccc(CN(Cc2nc3ccccc3[nH]2)C2CCCc3cccnc32)n1. The molecule has 0 aliphatic heterocycles. The fourth-order valence-electron chi connectivity index (χ4n) is 4.28. The first-order valence-electron chi connectivity index (χ1n) is 10.1. The van der Waals surface area contributed by atoms with Crippen LogP contribution in [0, 0.1) is 0 Å². The maximum absolute atomic E-state index is 5.93. The van der Waals surface area contributed by atoms with E-state index in [1.54, 1.807) is 0 Å². The van der Waals surface area contributed by atoms with E-state index in [9.17, 15) is 0 Å². The second kappa shape index (κ2) is 8.93. The number of pyridine rings is 2. The van der Waals surface area contributed by atoms with Crippen molar-refractivity contribution >= 4 is 33.8 Å². The zero-order valence-corrected chi connectivity index (χ0v) is 18.4. The Labute approximate surface area is 186 Å². The van der Waals surface area contributed by atoms with Crippen molar-refractivity contribution in [3.8, 4) is 0 Å². The van der Waals surface area contributed by atoms with E-state index in [0.29, 0.717) is 18.9 Å². The molecule has 7 heteroatoms. The average Bonchev–Trinajstić information content (AvgIpc) is 3.15. The van der Waals surface area contributed by atoms with E-state index in [2.05, 4.69) is 27.0 Å². The van der Waals surface area contributed by atoms with E-state index in [1.165, 1.54) is 11.3 Å². The summed E-state index contributed by atoms with van der Waals surface area (Å²) in [6, 6.07) is 18.4. The summed E-state index contributed by atoms with van der Waals surface area (Å²) in [6.07, 6.45) is 5.22. The van der Waals surface area contributed by atoms with Gasteiger partial charge in [-0.15, -0.1) is 17.0 Å². The molecule has 0 saturated heterocycles. The van der Waals surface area contributed by atoms with Crippen molar-refractivity contribution in [2.45, 2.75) is 38.4 Å². The molecule has 1 unspecified atom stereocenters. The van der Waals surface area contributed by atoms with Gasteiger partial charge in [-0.2, -0.15) is 0 Å². The molecule has 5 rings (SSSR count). The van der Waals surface area contributed by atoms with Gasteiger partial charge < -0.3 is 10.7 Å². The van der Waals surface area contributed by atoms with Crippen molar-refractivity contribution in [2.24, 2.45) is 0 Å². The molecule has 4 aromatic rings. The third-order valence-electron chi connectivity index (χ3n) is 5.59.